The van der Waals surface area contributed by atoms with E-state index < -0.39 is 0 Å². The molecule has 0 heterocycles. The first-order valence-electron chi connectivity index (χ1n) is 6.63. The van der Waals surface area contributed by atoms with Gasteiger partial charge in [-0.2, -0.15) is 0 Å². The molecule has 4 nitrogen and oxygen atoms in total. The van der Waals surface area contributed by atoms with Gasteiger partial charge < -0.3 is 19.1 Å². The minimum Gasteiger partial charge on any atom is -0.493 e. The smallest absolute Gasteiger partial charge is 0.203 e. The summed E-state index contributed by atoms with van der Waals surface area (Å²) < 4.78 is 16.0. The Labute approximate surface area is 116 Å². The fraction of sp³-hybridized carbons (Fsp3) is 0.600. The number of unbranched alkanes of at least 4 members (excludes halogenated alkanes) is 1. The van der Waals surface area contributed by atoms with Gasteiger partial charge in [0.2, 0.25) is 5.75 Å². The zero-order chi connectivity index (χ0) is 14.3. The standard InChI is InChI=1S/C15H25NO3/c1-6-7-8-16(2)11-12-9-13(17-3)15(19-5)14(10-12)18-4/h9-10H,6-8,11H2,1-5H3. The summed E-state index contributed by atoms with van der Waals surface area (Å²) in [4.78, 5) is 2.30. The minimum absolute atomic E-state index is 0.643. The number of methoxy groups -OCH3 is 3. The zero-order valence-corrected chi connectivity index (χ0v) is 12.7. The lowest BCUT2D eigenvalue weighted by Gasteiger charge is -2.19. The zero-order valence-electron chi connectivity index (χ0n) is 12.7. The summed E-state index contributed by atoms with van der Waals surface area (Å²) in [5, 5.41) is 0. The minimum atomic E-state index is 0.643. The van der Waals surface area contributed by atoms with Crippen molar-refractivity contribution in [3.8, 4) is 17.2 Å². The van der Waals surface area contributed by atoms with E-state index in [9.17, 15) is 0 Å². The van der Waals surface area contributed by atoms with Gasteiger partial charge in [-0.25, -0.2) is 0 Å². The molecule has 0 saturated heterocycles. The number of benzene rings is 1. The molecular formula is C15H25NO3. The highest BCUT2D eigenvalue weighted by Gasteiger charge is 2.13. The monoisotopic (exact) mass is 267 g/mol. The lowest BCUT2D eigenvalue weighted by Crippen LogP contribution is -2.19. The molecule has 1 aromatic rings. The summed E-state index contributed by atoms with van der Waals surface area (Å²) in [5.41, 5.74) is 1.16. The number of hydrogen-bond acceptors (Lipinski definition) is 4. The molecule has 0 unspecified atom stereocenters. The van der Waals surface area contributed by atoms with Crippen molar-refractivity contribution in [3.63, 3.8) is 0 Å². The summed E-state index contributed by atoms with van der Waals surface area (Å²) in [5.74, 6) is 2.06. The van der Waals surface area contributed by atoms with Gasteiger partial charge in [0, 0.05) is 6.54 Å². The van der Waals surface area contributed by atoms with Gasteiger partial charge in [-0.05, 0) is 37.7 Å². The van der Waals surface area contributed by atoms with Gasteiger partial charge in [-0.1, -0.05) is 13.3 Å². The Bertz CT molecular complexity index is 368. The van der Waals surface area contributed by atoms with E-state index in [1.165, 1.54) is 12.8 Å². The van der Waals surface area contributed by atoms with Crippen molar-refractivity contribution in [1.82, 2.24) is 4.90 Å². The Morgan fingerprint density at radius 1 is 1.00 bits per heavy atom. The first kappa shape index (κ1) is 15.6. The third-order valence-corrected chi connectivity index (χ3v) is 3.07. The molecular weight excluding hydrogens is 242 g/mol. The molecule has 0 aromatic heterocycles. The largest absolute Gasteiger partial charge is 0.493 e. The van der Waals surface area contributed by atoms with Crippen molar-refractivity contribution >= 4 is 0 Å². The van der Waals surface area contributed by atoms with Crippen LogP contribution >= 0.6 is 0 Å². The van der Waals surface area contributed by atoms with Gasteiger partial charge in [-0.3, -0.25) is 0 Å². The predicted molar refractivity (Wildman–Crippen MR) is 77.3 cm³/mol. The molecule has 0 amide bonds. The van der Waals surface area contributed by atoms with Gasteiger partial charge in [0.1, 0.15) is 0 Å². The first-order valence-corrected chi connectivity index (χ1v) is 6.63. The van der Waals surface area contributed by atoms with Crippen LogP contribution in [0, 0.1) is 0 Å². The molecule has 0 saturated carbocycles. The number of rotatable bonds is 8. The van der Waals surface area contributed by atoms with Gasteiger partial charge in [0.15, 0.2) is 11.5 Å². The van der Waals surface area contributed by atoms with Crippen molar-refractivity contribution in [2.24, 2.45) is 0 Å². The number of ether oxygens (including phenoxy) is 3. The summed E-state index contributed by atoms with van der Waals surface area (Å²) >= 11 is 0. The van der Waals surface area contributed by atoms with Crippen LogP contribution in [0.4, 0.5) is 0 Å². The van der Waals surface area contributed by atoms with Crippen molar-refractivity contribution in [2.75, 3.05) is 34.9 Å². The van der Waals surface area contributed by atoms with Gasteiger partial charge in [-0.15, -0.1) is 0 Å². The molecule has 1 aromatic carbocycles. The maximum Gasteiger partial charge on any atom is 0.203 e. The third-order valence-electron chi connectivity index (χ3n) is 3.07. The lowest BCUT2D eigenvalue weighted by molar-refractivity contribution is 0.310. The molecule has 0 fully saturated rings. The van der Waals surface area contributed by atoms with Crippen molar-refractivity contribution in [3.05, 3.63) is 17.7 Å². The second-order valence-corrected chi connectivity index (χ2v) is 4.62. The molecule has 0 aliphatic rings. The van der Waals surface area contributed by atoms with E-state index in [2.05, 4.69) is 18.9 Å². The summed E-state index contributed by atoms with van der Waals surface area (Å²) in [7, 11) is 7.02. The maximum atomic E-state index is 5.36. The summed E-state index contributed by atoms with van der Waals surface area (Å²) in [6.45, 7) is 4.16. The molecule has 0 atom stereocenters. The number of hydrogen-bond donors (Lipinski definition) is 0. The van der Waals surface area contributed by atoms with Crippen LogP contribution in [-0.2, 0) is 6.54 Å². The van der Waals surface area contributed by atoms with Crippen LogP contribution in [0.2, 0.25) is 0 Å². The van der Waals surface area contributed by atoms with E-state index in [0.717, 1.165) is 18.7 Å². The molecule has 0 aliphatic carbocycles. The molecule has 19 heavy (non-hydrogen) atoms. The van der Waals surface area contributed by atoms with Crippen LogP contribution in [0.3, 0.4) is 0 Å². The number of nitrogens with zero attached hydrogens (tertiary/aromatic N) is 1. The van der Waals surface area contributed by atoms with Crippen LogP contribution in [0.5, 0.6) is 17.2 Å². The Morgan fingerprint density at radius 3 is 2.00 bits per heavy atom. The Hall–Kier alpha value is -1.42. The van der Waals surface area contributed by atoms with Crippen LogP contribution in [0.15, 0.2) is 12.1 Å². The highest BCUT2D eigenvalue weighted by Crippen LogP contribution is 2.38. The van der Waals surface area contributed by atoms with Crippen LogP contribution in [0.1, 0.15) is 25.3 Å². The molecule has 0 aliphatic heterocycles. The molecule has 4 heteroatoms. The lowest BCUT2D eigenvalue weighted by atomic mass is 10.1. The van der Waals surface area contributed by atoms with E-state index in [4.69, 9.17) is 14.2 Å². The van der Waals surface area contributed by atoms with Crippen molar-refractivity contribution in [2.45, 2.75) is 26.3 Å². The summed E-state index contributed by atoms with van der Waals surface area (Å²) in [6.07, 6.45) is 2.42. The second kappa shape index (κ2) is 7.89. The fourth-order valence-corrected chi connectivity index (χ4v) is 2.05. The van der Waals surface area contributed by atoms with Crippen molar-refractivity contribution < 1.29 is 14.2 Å². The predicted octanol–water partition coefficient (Wildman–Crippen LogP) is 2.94. The van der Waals surface area contributed by atoms with E-state index in [1.54, 1.807) is 21.3 Å². The average molecular weight is 267 g/mol. The molecule has 0 radical (unpaired) electrons. The quantitative estimate of drug-likeness (QED) is 0.724. The Kier molecular flexibility index (Phi) is 6.50. The highest BCUT2D eigenvalue weighted by atomic mass is 16.5. The highest BCUT2D eigenvalue weighted by molar-refractivity contribution is 5.53. The van der Waals surface area contributed by atoms with Crippen LogP contribution in [-0.4, -0.2) is 39.8 Å². The van der Waals surface area contributed by atoms with E-state index >= 15 is 0 Å². The first-order chi connectivity index (χ1) is 9.15. The van der Waals surface area contributed by atoms with E-state index in [1.807, 2.05) is 12.1 Å². The normalized spacial score (nSPS) is 10.6. The van der Waals surface area contributed by atoms with Gasteiger partial charge >= 0.3 is 0 Å². The molecule has 108 valence electrons. The van der Waals surface area contributed by atoms with E-state index in [-0.39, 0.29) is 0 Å². The average Bonchev–Trinajstić information content (AvgIpc) is 2.43. The Balaban J connectivity index is 2.90. The maximum absolute atomic E-state index is 5.36. The molecule has 0 N–H and O–H groups in total. The Morgan fingerprint density at radius 2 is 1.58 bits per heavy atom. The summed E-state index contributed by atoms with van der Waals surface area (Å²) in [6, 6.07) is 4.01. The van der Waals surface area contributed by atoms with Crippen LogP contribution < -0.4 is 14.2 Å². The van der Waals surface area contributed by atoms with Gasteiger partial charge in [0.05, 0.1) is 21.3 Å². The van der Waals surface area contributed by atoms with Crippen molar-refractivity contribution in [1.29, 1.82) is 0 Å². The third kappa shape index (κ3) is 4.31. The van der Waals surface area contributed by atoms with Gasteiger partial charge in [0.25, 0.3) is 0 Å². The topological polar surface area (TPSA) is 30.9 Å². The molecule has 0 bridgehead atoms. The molecule has 1 rings (SSSR count). The molecule has 0 spiro atoms. The SMILES string of the molecule is CCCCN(C)Cc1cc(OC)c(OC)c(OC)c1. The second-order valence-electron chi connectivity index (χ2n) is 4.62. The van der Waals surface area contributed by atoms with E-state index in [0.29, 0.717) is 17.2 Å². The fourth-order valence-electron chi connectivity index (χ4n) is 2.05. The van der Waals surface area contributed by atoms with Crippen LogP contribution in [0.25, 0.3) is 0 Å².